The van der Waals surface area contributed by atoms with Gasteiger partial charge in [-0.3, -0.25) is 14.2 Å². The molecule has 0 aliphatic rings. The summed E-state index contributed by atoms with van der Waals surface area (Å²) in [6, 6.07) is 11.4. The summed E-state index contributed by atoms with van der Waals surface area (Å²) in [5.41, 5.74) is 0.789. The first-order valence-electron chi connectivity index (χ1n) is 8.04. The SMILES string of the molecule is COc1ccc(OC)c(NC(=O)[C@@H](C)n2cnc3ccccc3c2=O)c1. The van der Waals surface area contributed by atoms with Crippen LogP contribution in [0.5, 0.6) is 11.5 Å². The number of hydrogen-bond acceptors (Lipinski definition) is 5. The summed E-state index contributed by atoms with van der Waals surface area (Å²) in [7, 11) is 3.05. The van der Waals surface area contributed by atoms with Crippen molar-refractivity contribution in [3.8, 4) is 11.5 Å². The number of fused-ring (bicyclic) bond motifs is 1. The van der Waals surface area contributed by atoms with Crippen LogP contribution in [0.4, 0.5) is 5.69 Å². The number of carbonyl (C=O) groups is 1. The van der Waals surface area contributed by atoms with Crippen LogP contribution in [0.1, 0.15) is 13.0 Å². The van der Waals surface area contributed by atoms with E-state index in [1.54, 1.807) is 43.3 Å². The molecule has 1 N–H and O–H groups in total. The minimum absolute atomic E-state index is 0.268. The van der Waals surface area contributed by atoms with Gasteiger partial charge in [-0.1, -0.05) is 12.1 Å². The zero-order valence-electron chi connectivity index (χ0n) is 14.7. The molecule has 0 bridgehead atoms. The van der Waals surface area contributed by atoms with Gasteiger partial charge in [-0.2, -0.15) is 0 Å². The largest absolute Gasteiger partial charge is 0.497 e. The fraction of sp³-hybridized carbons (Fsp3) is 0.211. The molecule has 0 fully saturated rings. The van der Waals surface area contributed by atoms with Crippen molar-refractivity contribution in [1.29, 1.82) is 0 Å². The van der Waals surface area contributed by atoms with E-state index in [1.165, 1.54) is 25.1 Å². The van der Waals surface area contributed by atoms with E-state index in [4.69, 9.17) is 9.47 Å². The van der Waals surface area contributed by atoms with Gasteiger partial charge in [0, 0.05) is 6.07 Å². The molecule has 0 saturated heterocycles. The molecule has 1 aromatic heterocycles. The highest BCUT2D eigenvalue weighted by atomic mass is 16.5. The number of nitrogens with one attached hydrogen (secondary N) is 1. The molecule has 0 aliphatic carbocycles. The molecule has 2 aromatic carbocycles. The Hall–Kier alpha value is -3.35. The van der Waals surface area contributed by atoms with Crippen LogP contribution in [-0.4, -0.2) is 29.7 Å². The van der Waals surface area contributed by atoms with Crippen LogP contribution < -0.4 is 20.3 Å². The summed E-state index contributed by atoms with van der Waals surface area (Å²) >= 11 is 0. The Labute approximate surface area is 150 Å². The van der Waals surface area contributed by atoms with Gasteiger partial charge in [-0.15, -0.1) is 0 Å². The predicted octanol–water partition coefficient (Wildman–Crippen LogP) is 2.61. The topological polar surface area (TPSA) is 82.4 Å². The first-order chi connectivity index (χ1) is 12.5. The number of hydrogen-bond donors (Lipinski definition) is 1. The molecule has 3 aromatic rings. The number of carbonyl (C=O) groups excluding carboxylic acids is 1. The quantitative estimate of drug-likeness (QED) is 0.762. The lowest BCUT2D eigenvalue weighted by Crippen LogP contribution is -2.31. The number of nitrogens with zero attached hydrogens (tertiary/aromatic N) is 2. The summed E-state index contributed by atoms with van der Waals surface area (Å²) in [6.45, 7) is 1.64. The van der Waals surface area contributed by atoms with Gasteiger partial charge >= 0.3 is 0 Å². The van der Waals surface area contributed by atoms with E-state index < -0.39 is 6.04 Å². The second-order valence-electron chi connectivity index (χ2n) is 5.71. The Balaban J connectivity index is 1.91. The maximum absolute atomic E-state index is 12.7. The summed E-state index contributed by atoms with van der Waals surface area (Å²) in [5, 5.41) is 3.24. The van der Waals surface area contributed by atoms with Crippen molar-refractivity contribution in [3.05, 3.63) is 59.1 Å². The van der Waals surface area contributed by atoms with Crippen molar-refractivity contribution in [2.24, 2.45) is 0 Å². The van der Waals surface area contributed by atoms with Crippen LogP contribution in [-0.2, 0) is 4.79 Å². The zero-order chi connectivity index (χ0) is 18.7. The maximum Gasteiger partial charge on any atom is 0.261 e. The molecular formula is C19H19N3O4. The number of benzene rings is 2. The van der Waals surface area contributed by atoms with Crippen molar-refractivity contribution < 1.29 is 14.3 Å². The third-order valence-electron chi connectivity index (χ3n) is 4.15. The Bertz CT molecular complexity index is 1010. The molecule has 0 saturated carbocycles. The fourth-order valence-electron chi connectivity index (χ4n) is 2.63. The first kappa shape index (κ1) is 17.5. The van der Waals surface area contributed by atoms with Crippen LogP contribution in [0, 0.1) is 0 Å². The summed E-state index contributed by atoms with van der Waals surface area (Å²) in [5.74, 6) is 0.712. The molecule has 7 nitrogen and oxygen atoms in total. The highest BCUT2D eigenvalue weighted by Gasteiger charge is 2.19. The van der Waals surface area contributed by atoms with Gasteiger partial charge in [0.25, 0.3) is 5.56 Å². The third-order valence-corrected chi connectivity index (χ3v) is 4.15. The number of methoxy groups -OCH3 is 2. The smallest absolute Gasteiger partial charge is 0.261 e. The first-order valence-corrected chi connectivity index (χ1v) is 8.04. The number of para-hydroxylation sites is 1. The highest BCUT2D eigenvalue weighted by molar-refractivity contribution is 5.95. The summed E-state index contributed by atoms with van der Waals surface area (Å²) in [4.78, 5) is 29.6. The lowest BCUT2D eigenvalue weighted by Gasteiger charge is -2.17. The van der Waals surface area contributed by atoms with Gasteiger partial charge in [0.2, 0.25) is 5.91 Å². The predicted molar refractivity (Wildman–Crippen MR) is 98.9 cm³/mol. The average Bonchev–Trinajstić information content (AvgIpc) is 2.67. The normalized spacial score (nSPS) is 11.8. The number of ether oxygens (including phenoxy) is 2. The number of anilines is 1. The van der Waals surface area contributed by atoms with Crippen LogP contribution >= 0.6 is 0 Å². The van der Waals surface area contributed by atoms with Gasteiger partial charge < -0.3 is 14.8 Å². The average molecular weight is 353 g/mol. The molecule has 1 heterocycles. The second kappa shape index (κ2) is 7.26. The molecule has 1 atom stereocenters. The Morgan fingerprint density at radius 2 is 1.92 bits per heavy atom. The van der Waals surface area contributed by atoms with Gasteiger partial charge in [0.1, 0.15) is 17.5 Å². The van der Waals surface area contributed by atoms with Gasteiger partial charge in [0.15, 0.2) is 0 Å². The molecule has 134 valence electrons. The van der Waals surface area contributed by atoms with Crippen LogP contribution in [0.25, 0.3) is 10.9 Å². The summed E-state index contributed by atoms with van der Waals surface area (Å²) < 4.78 is 11.7. The van der Waals surface area contributed by atoms with Crippen molar-refractivity contribution in [2.45, 2.75) is 13.0 Å². The second-order valence-corrected chi connectivity index (χ2v) is 5.71. The van der Waals surface area contributed by atoms with Gasteiger partial charge in [-0.05, 0) is 31.2 Å². The van der Waals surface area contributed by atoms with E-state index in [0.29, 0.717) is 28.1 Å². The molecular weight excluding hydrogens is 334 g/mol. The Kier molecular flexibility index (Phi) is 4.88. The van der Waals surface area contributed by atoms with Crippen molar-refractivity contribution >= 4 is 22.5 Å². The monoisotopic (exact) mass is 353 g/mol. The van der Waals surface area contributed by atoms with Crippen LogP contribution in [0.15, 0.2) is 53.6 Å². The zero-order valence-corrected chi connectivity index (χ0v) is 14.7. The summed E-state index contributed by atoms with van der Waals surface area (Å²) in [6.07, 6.45) is 1.39. The minimum atomic E-state index is -0.754. The molecule has 26 heavy (non-hydrogen) atoms. The van der Waals surface area contributed by atoms with E-state index in [-0.39, 0.29) is 11.5 Å². The molecule has 0 unspecified atom stereocenters. The number of amides is 1. The Morgan fingerprint density at radius 1 is 1.15 bits per heavy atom. The molecule has 0 radical (unpaired) electrons. The number of rotatable bonds is 5. The standard InChI is InChI=1S/C19H19N3O4/c1-12(22-11-20-15-7-5-4-6-14(15)19(22)24)18(23)21-16-10-13(25-2)8-9-17(16)26-3/h4-12H,1-3H3,(H,21,23)/t12-/m1/s1. The van der Waals surface area contributed by atoms with Crippen molar-refractivity contribution in [3.63, 3.8) is 0 Å². The van der Waals surface area contributed by atoms with E-state index in [9.17, 15) is 9.59 Å². The van der Waals surface area contributed by atoms with Crippen LogP contribution in [0.2, 0.25) is 0 Å². The van der Waals surface area contributed by atoms with E-state index in [0.717, 1.165) is 0 Å². The lowest BCUT2D eigenvalue weighted by molar-refractivity contribution is -0.118. The molecule has 1 amide bonds. The highest BCUT2D eigenvalue weighted by Crippen LogP contribution is 2.29. The molecule has 3 rings (SSSR count). The van der Waals surface area contributed by atoms with Crippen LogP contribution in [0.3, 0.4) is 0 Å². The Morgan fingerprint density at radius 3 is 2.65 bits per heavy atom. The van der Waals surface area contributed by atoms with Gasteiger partial charge in [-0.25, -0.2) is 4.98 Å². The fourth-order valence-corrected chi connectivity index (χ4v) is 2.63. The number of aromatic nitrogens is 2. The molecule has 7 heteroatoms. The van der Waals surface area contributed by atoms with E-state index in [2.05, 4.69) is 10.3 Å². The lowest BCUT2D eigenvalue weighted by atomic mass is 10.2. The minimum Gasteiger partial charge on any atom is -0.497 e. The van der Waals surface area contributed by atoms with E-state index in [1.807, 2.05) is 6.07 Å². The van der Waals surface area contributed by atoms with Crippen molar-refractivity contribution in [1.82, 2.24) is 9.55 Å². The molecule has 0 spiro atoms. The third kappa shape index (κ3) is 3.23. The van der Waals surface area contributed by atoms with Gasteiger partial charge in [0.05, 0.1) is 37.1 Å². The maximum atomic E-state index is 12.7. The van der Waals surface area contributed by atoms with E-state index >= 15 is 0 Å². The van der Waals surface area contributed by atoms with Crippen molar-refractivity contribution in [2.75, 3.05) is 19.5 Å². The molecule has 0 aliphatic heterocycles.